The number of methoxy groups -OCH3 is 1. The number of hydrogen-bond acceptors (Lipinski definition) is 7. The van der Waals surface area contributed by atoms with E-state index in [9.17, 15) is 15.0 Å². The van der Waals surface area contributed by atoms with E-state index in [0.29, 0.717) is 41.1 Å². The van der Waals surface area contributed by atoms with E-state index in [1.54, 1.807) is 31.4 Å². The van der Waals surface area contributed by atoms with Crippen LogP contribution in [0.5, 0.6) is 5.75 Å². The van der Waals surface area contributed by atoms with Gasteiger partial charge >= 0.3 is 6.03 Å². The number of aliphatic hydroxyl groups excluding tert-OH is 1. The Morgan fingerprint density at radius 3 is 2.31 bits per heavy atom. The number of nitrogens with zero attached hydrogens (tertiary/aromatic N) is 2. The smallest absolute Gasteiger partial charge is 0.323 e. The zero-order valence-electron chi connectivity index (χ0n) is 27.3. The summed E-state index contributed by atoms with van der Waals surface area (Å²) in [5.74, 6) is 0.481. The van der Waals surface area contributed by atoms with E-state index in [-0.39, 0.29) is 29.3 Å². The average Bonchev–Trinajstić information content (AvgIpc) is 2.96. The van der Waals surface area contributed by atoms with Gasteiger partial charge in [0.1, 0.15) is 17.1 Å². The average molecular weight is 612 g/mol. The highest BCUT2D eigenvalue weighted by molar-refractivity contribution is 6.02. The van der Waals surface area contributed by atoms with E-state index < -0.39 is 11.6 Å². The van der Waals surface area contributed by atoms with Crippen molar-refractivity contribution in [1.82, 2.24) is 4.90 Å². The normalized spacial score (nSPS) is 24.2. The minimum Gasteiger partial charge on any atom is -0.510 e. The fourth-order valence-corrected chi connectivity index (χ4v) is 7.80. The van der Waals surface area contributed by atoms with Crippen LogP contribution in [0.3, 0.4) is 0 Å². The van der Waals surface area contributed by atoms with Crippen LogP contribution < -0.4 is 26.0 Å². The van der Waals surface area contributed by atoms with Gasteiger partial charge in [-0.25, -0.2) is 4.79 Å². The fourth-order valence-electron chi connectivity index (χ4n) is 7.80. The standard InChI is InChI=1S/C36H45N5O4/c1-18-28(39-35(43)38-24-11-13-25(45-10)14-12-24)17-29(40(6)7)26-15-23-16-27-33(41(8)9)34(42)32(22(5)37)21(4)36(27,44)20(3)31(23)19(2)30(18)26/h11-14,17,23,27,33,42,44H,2,4-5,15-16,37H2,1,3,6-10H3,(H2,38,39,43)/t23-,27-,33?,36-/m0/s1. The maximum atomic E-state index is 13.1. The molecular formula is C36H45N5O4. The van der Waals surface area contributed by atoms with Crippen LogP contribution in [-0.4, -0.2) is 68.1 Å². The van der Waals surface area contributed by atoms with E-state index in [1.807, 2.05) is 53.0 Å². The molecule has 0 aromatic heterocycles. The van der Waals surface area contributed by atoms with Crippen LogP contribution in [0.25, 0.3) is 5.57 Å². The van der Waals surface area contributed by atoms with Crippen LogP contribution >= 0.6 is 0 Å². The summed E-state index contributed by atoms with van der Waals surface area (Å²) in [6.45, 7) is 16.7. The monoisotopic (exact) mass is 611 g/mol. The third-order valence-electron chi connectivity index (χ3n) is 9.84. The van der Waals surface area contributed by atoms with Gasteiger partial charge < -0.3 is 36.2 Å². The predicted molar refractivity (Wildman–Crippen MR) is 183 cm³/mol. The Morgan fingerprint density at radius 2 is 1.76 bits per heavy atom. The molecule has 0 saturated heterocycles. The maximum absolute atomic E-state index is 13.1. The van der Waals surface area contributed by atoms with Gasteiger partial charge in [-0.3, -0.25) is 4.90 Å². The van der Waals surface area contributed by atoms with Crippen LogP contribution in [0, 0.1) is 18.8 Å². The molecule has 0 heterocycles. The first kappa shape index (κ1) is 31.9. The second-order valence-corrected chi connectivity index (χ2v) is 12.8. The Bertz CT molecular complexity index is 1680. The Kier molecular flexibility index (Phi) is 8.14. The number of rotatable bonds is 6. The molecule has 9 heteroatoms. The van der Waals surface area contributed by atoms with Crippen molar-refractivity contribution in [3.63, 3.8) is 0 Å². The first-order valence-corrected chi connectivity index (χ1v) is 15.1. The number of nitrogens with two attached hydrogens (primary N) is 1. The van der Waals surface area contributed by atoms with Gasteiger partial charge in [-0.2, -0.15) is 0 Å². The summed E-state index contributed by atoms with van der Waals surface area (Å²) in [5, 5.41) is 29.9. The van der Waals surface area contributed by atoms with Crippen LogP contribution in [0.1, 0.15) is 30.0 Å². The molecule has 0 bridgehead atoms. The molecule has 45 heavy (non-hydrogen) atoms. The van der Waals surface area contributed by atoms with Crippen molar-refractivity contribution >= 4 is 28.7 Å². The molecule has 2 aromatic carbocycles. The lowest BCUT2D eigenvalue weighted by molar-refractivity contribution is -0.0178. The predicted octanol–water partition coefficient (Wildman–Crippen LogP) is 5.75. The zero-order valence-corrected chi connectivity index (χ0v) is 27.3. The van der Waals surface area contributed by atoms with Gasteiger partial charge in [-0.15, -0.1) is 0 Å². The first-order valence-electron chi connectivity index (χ1n) is 15.1. The van der Waals surface area contributed by atoms with Gasteiger partial charge in [-0.05, 0) is 116 Å². The molecule has 0 saturated carbocycles. The van der Waals surface area contributed by atoms with Crippen molar-refractivity contribution in [3.05, 3.63) is 101 Å². The van der Waals surface area contributed by atoms with Crippen molar-refractivity contribution in [3.8, 4) is 5.75 Å². The molecule has 4 atom stereocenters. The Hall–Kier alpha value is -4.47. The summed E-state index contributed by atoms with van der Waals surface area (Å²) < 4.78 is 5.22. The van der Waals surface area contributed by atoms with Crippen molar-refractivity contribution in [1.29, 1.82) is 0 Å². The molecule has 6 N–H and O–H groups in total. The molecule has 0 aliphatic heterocycles. The van der Waals surface area contributed by atoms with Crippen molar-refractivity contribution in [2.45, 2.75) is 38.3 Å². The fraction of sp³-hybridized carbons (Fsp3) is 0.361. The molecule has 1 unspecified atom stereocenters. The molecular weight excluding hydrogens is 566 g/mol. The highest BCUT2D eigenvalue weighted by atomic mass is 16.5. The first-order chi connectivity index (χ1) is 21.1. The van der Waals surface area contributed by atoms with Crippen LogP contribution in [0.4, 0.5) is 21.9 Å². The molecule has 3 aliphatic rings. The number of amides is 2. The summed E-state index contributed by atoms with van der Waals surface area (Å²) in [7, 11) is 9.36. The summed E-state index contributed by atoms with van der Waals surface area (Å²) in [4.78, 5) is 17.1. The number of benzene rings is 2. The molecule has 0 radical (unpaired) electrons. The molecule has 0 spiro atoms. The number of carbonyl (C=O) groups excluding carboxylic acids is 1. The van der Waals surface area contributed by atoms with E-state index >= 15 is 0 Å². The minimum atomic E-state index is -1.46. The highest BCUT2D eigenvalue weighted by Crippen LogP contribution is 2.58. The highest BCUT2D eigenvalue weighted by Gasteiger charge is 2.57. The number of fused-ring (bicyclic) bond motifs is 3. The lowest BCUT2D eigenvalue weighted by Crippen LogP contribution is -2.58. The van der Waals surface area contributed by atoms with E-state index in [0.717, 1.165) is 39.1 Å². The second-order valence-electron chi connectivity index (χ2n) is 12.8. The van der Waals surface area contributed by atoms with Crippen molar-refractivity contribution in [2.24, 2.45) is 17.6 Å². The number of aliphatic hydroxyl groups is 2. The number of ether oxygens (including phenoxy) is 1. The molecule has 3 aliphatic carbocycles. The molecule has 9 nitrogen and oxygen atoms in total. The van der Waals surface area contributed by atoms with Gasteiger partial charge in [0.25, 0.3) is 0 Å². The Balaban J connectivity index is 1.60. The van der Waals surface area contributed by atoms with Gasteiger partial charge in [0.05, 0.1) is 13.2 Å². The van der Waals surface area contributed by atoms with E-state index in [2.05, 4.69) is 35.3 Å². The number of carbonyl (C=O) groups is 1. The third-order valence-corrected chi connectivity index (χ3v) is 9.84. The maximum Gasteiger partial charge on any atom is 0.323 e. The number of anilines is 3. The molecule has 2 aromatic rings. The zero-order chi connectivity index (χ0) is 33.1. The lowest BCUT2D eigenvalue weighted by Gasteiger charge is -2.54. The molecule has 0 fully saturated rings. The van der Waals surface area contributed by atoms with Crippen molar-refractivity contribution < 1.29 is 19.7 Å². The summed E-state index contributed by atoms with van der Waals surface area (Å²) in [6, 6.07) is 8.29. The lowest BCUT2D eigenvalue weighted by atomic mass is 9.55. The number of urea groups is 1. The number of hydrogen-bond donors (Lipinski definition) is 5. The summed E-state index contributed by atoms with van der Waals surface area (Å²) in [5.41, 5.74) is 13.4. The summed E-state index contributed by atoms with van der Waals surface area (Å²) in [6.07, 6.45) is 1.32. The number of allylic oxidation sites excluding steroid dienone is 3. The molecule has 2 amide bonds. The van der Waals surface area contributed by atoms with Crippen molar-refractivity contribution in [2.75, 3.05) is 50.8 Å². The van der Waals surface area contributed by atoms with E-state index in [1.165, 1.54) is 0 Å². The van der Waals surface area contributed by atoms with Gasteiger partial charge in [-0.1, -0.05) is 19.7 Å². The number of likely N-dealkylation sites (N-methyl/N-ethyl adjacent to an activating group) is 1. The molecule has 5 rings (SSSR count). The largest absolute Gasteiger partial charge is 0.510 e. The van der Waals surface area contributed by atoms with Crippen LogP contribution in [-0.2, 0) is 6.42 Å². The van der Waals surface area contributed by atoms with Gasteiger partial charge in [0.2, 0.25) is 0 Å². The Labute approximate surface area is 266 Å². The van der Waals surface area contributed by atoms with Crippen LogP contribution in [0.2, 0.25) is 0 Å². The second kappa shape index (κ2) is 11.5. The van der Waals surface area contributed by atoms with E-state index in [4.69, 9.17) is 10.5 Å². The minimum absolute atomic E-state index is 0.0521. The van der Waals surface area contributed by atoms with Gasteiger partial charge in [0.15, 0.2) is 0 Å². The number of nitrogens with one attached hydrogen (secondary N) is 2. The third kappa shape index (κ3) is 5.00. The summed E-state index contributed by atoms with van der Waals surface area (Å²) >= 11 is 0. The van der Waals surface area contributed by atoms with Crippen LogP contribution in [0.15, 0.2) is 83.8 Å². The Morgan fingerprint density at radius 1 is 1.11 bits per heavy atom. The SMILES string of the molecule is C=C(N)C1=C(O)C(N(C)C)[C@@H]2C[C@@H]3Cc4c(N(C)C)cc(NC(=O)Nc5ccc(OC)cc5)c(C)c4C(=C)C3=C(C)[C@]2(O)C1=C. The quantitative estimate of drug-likeness (QED) is 0.282. The topological polar surface area (TPSA) is 123 Å². The molecule has 238 valence electrons. The van der Waals surface area contributed by atoms with Gasteiger partial charge in [0, 0.05) is 48.3 Å².